The van der Waals surface area contributed by atoms with Gasteiger partial charge in [-0.25, -0.2) is 0 Å². The maximum Gasteiger partial charge on any atom is 0.119 e. The Morgan fingerprint density at radius 2 is 2.05 bits per heavy atom. The summed E-state index contributed by atoms with van der Waals surface area (Å²) in [5.41, 5.74) is 2.69. The molecule has 1 aliphatic heterocycles. The minimum Gasteiger partial charge on any atom is -0.497 e. The molecule has 0 aromatic heterocycles. The molecule has 0 radical (unpaired) electrons. The first-order chi connectivity index (χ1) is 9.78. The van der Waals surface area contributed by atoms with Crippen molar-refractivity contribution < 1.29 is 4.74 Å². The second kappa shape index (κ2) is 5.90. The van der Waals surface area contributed by atoms with Gasteiger partial charge in [0.2, 0.25) is 0 Å². The molecule has 2 aromatic carbocycles. The summed E-state index contributed by atoms with van der Waals surface area (Å²) in [7, 11) is 1.71. The fourth-order valence-corrected chi connectivity index (χ4v) is 3.78. The van der Waals surface area contributed by atoms with Gasteiger partial charge in [-0.2, -0.15) is 0 Å². The van der Waals surface area contributed by atoms with Crippen LogP contribution in [0.2, 0.25) is 0 Å². The van der Waals surface area contributed by atoms with Crippen LogP contribution in [0.5, 0.6) is 5.75 Å². The fourth-order valence-electron chi connectivity index (χ4n) is 2.61. The highest BCUT2D eigenvalue weighted by Crippen LogP contribution is 2.38. The minimum atomic E-state index is 0.307. The zero-order valence-electron chi connectivity index (χ0n) is 11.8. The number of thioether (sulfide) groups is 1. The summed E-state index contributed by atoms with van der Waals surface area (Å²) in [5.74, 6) is 2.02. The van der Waals surface area contributed by atoms with Gasteiger partial charge in [0.25, 0.3) is 0 Å². The van der Waals surface area contributed by atoms with E-state index in [0.29, 0.717) is 12.1 Å². The van der Waals surface area contributed by atoms with Crippen LogP contribution in [-0.2, 0) is 0 Å². The van der Waals surface area contributed by atoms with Crippen molar-refractivity contribution in [3.05, 3.63) is 59.7 Å². The zero-order chi connectivity index (χ0) is 13.9. The van der Waals surface area contributed by atoms with Gasteiger partial charge in [-0.05, 0) is 36.2 Å². The molecule has 2 atom stereocenters. The molecule has 104 valence electrons. The quantitative estimate of drug-likeness (QED) is 0.910. The molecule has 0 saturated heterocycles. The van der Waals surface area contributed by atoms with Crippen molar-refractivity contribution in [2.75, 3.05) is 12.9 Å². The highest BCUT2D eigenvalue weighted by molar-refractivity contribution is 7.99. The molecule has 2 aromatic rings. The van der Waals surface area contributed by atoms with Gasteiger partial charge < -0.3 is 10.1 Å². The molecule has 0 spiro atoms. The van der Waals surface area contributed by atoms with Crippen LogP contribution in [0.4, 0.5) is 0 Å². The molecule has 0 saturated carbocycles. The van der Waals surface area contributed by atoms with Crippen LogP contribution in [0, 0.1) is 0 Å². The predicted octanol–water partition coefficient (Wildman–Crippen LogP) is 4.19. The lowest BCUT2D eigenvalue weighted by molar-refractivity contribution is 0.412. The molecular formula is C17H19NOS. The number of fused-ring (bicyclic) bond motifs is 1. The van der Waals surface area contributed by atoms with E-state index in [2.05, 4.69) is 48.6 Å². The Bertz CT molecular complexity index is 599. The standard InChI is InChI=1S/C17H19NOS/c1-12(13-6-5-7-14(10-13)19-2)18-16-11-20-17-9-4-3-8-15(16)17/h3-10,12,16,18H,11H2,1-2H3. The maximum atomic E-state index is 5.30. The number of benzene rings is 2. The van der Waals surface area contributed by atoms with E-state index in [-0.39, 0.29) is 0 Å². The SMILES string of the molecule is COc1cccc(C(C)NC2CSc3ccccc32)c1. The van der Waals surface area contributed by atoms with Crippen molar-refractivity contribution >= 4 is 11.8 Å². The molecule has 20 heavy (non-hydrogen) atoms. The molecule has 0 fully saturated rings. The third-order valence-electron chi connectivity index (χ3n) is 3.74. The summed E-state index contributed by atoms with van der Waals surface area (Å²) >= 11 is 1.93. The van der Waals surface area contributed by atoms with Crippen molar-refractivity contribution in [3.8, 4) is 5.75 Å². The monoisotopic (exact) mass is 285 g/mol. The van der Waals surface area contributed by atoms with Gasteiger partial charge in [0, 0.05) is 22.7 Å². The van der Waals surface area contributed by atoms with E-state index in [4.69, 9.17) is 4.74 Å². The van der Waals surface area contributed by atoms with Crippen molar-refractivity contribution in [1.82, 2.24) is 5.32 Å². The highest BCUT2D eigenvalue weighted by Gasteiger charge is 2.24. The van der Waals surface area contributed by atoms with Crippen LogP contribution in [0.15, 0.2) is 53.4 Å². The molecule has 2 unspecified atom stereocenters. The van der Waals surface area contributed by atoms with Crippen LogP contribution in [0.1, 0.15) is 30.1 Å². The van der Waals surface area contributed by atoms with Gasteiger partial charge in [-0.15, -0.1) is 11.8 Å². The van der Waals surface area contributed by atoms with Gasteiger partial charge in [-0.1, -0.05) is 30.3 Å². The predicted molar refractivity (Wildman–Crippen MR) is 84.5 cm³/mol. The van der Waals surface area contributed by atoms with Crippen LogP contribution in [-0.4, -0.2) is 12.9 Å². The van der Waals surface area contributed by atoms with Crippen molar-refractivity contribution in [3.63, 3.8) is 0 Å². The summed E-state index contributed by atoms with van der Waals surface area (Å²) in [5, 5.41) is 3.73. The van der Waals surface area contributed by atoms with E-state index in [1.807, 2.05) is 23.9 Å². The number of hydrogen-bond acceptors (Lipinski definition) is 3. The van der Waals surface area contributed by atoms with Crippen LogP contribution in [0.3, 0.4) is 0 Å². The van der Waals surface area contributed by atoms with Crippen LogP contribution < -0.4 is 10.1 Å². The average Bonchev–Trinajstić information content (AvgIpc) is 2.90. The van der Waals surface area contributed by atoms with E-state index >= 15 is 0 Å². The van der Waals surface area contributed by atoms with Crippen molar-refractivity contribution in [1.29, 1.82) is 0 Å². The third kappa shape index (κ3) is 2.69. The van der Waals surface area contributed by atoms with Gasteiger partial charge in [-0.3, -0.25) is 0 Å². The Kier molecular flexibility index (Phi) is 3.99. The summed E-state index contributed by atoms with van der Waals surface area (Å²) in [4.78, 5) is 1.41. The Morgan fingerprint density at radius 1 is 1.20 bits per heavy atom. The topological polar surface area (TPSA) is 21.3 Å². The van der Waals surface area contributed by atoms with E-state index in [1.54, 1.807) is 7.11 Å². The van der Waals surface area contributed by atoms with E-state index in [0.717, 1.165) is 11.5 Å². The molecule has 1 heterocycles. The van der Waals surface area contributed by atoms with Crippen molar-refractivity contribution in [2.45, 2.75) is 23.9 Å². The number of ether oxygens (including phenoxy) is 1. The molecule has 3 heteroatoms. The normalized spacial score (nSPS) is 18.6. The first-order valence-electron chi connectivity index (χ1n) is 6.89. The first-order valence-corrected chi connectivity index (χ1v) is 7.88. The van der Waals surface area contributed by atoms with E-state index < -0.39 is 0 Å². The lowest BCUT2D eigenvalue weighted by Gasteiger charge is -2.20. The molecule has 2 nitrogen and oxygen atoms in total. The molecule has 0 amide bonds. The molecule has 1 aliphatic rings. The van der Waals surface area contributed by atoms with Crippen LogP contribution >= 0.6 is 11.8 Å². The Hall–Kier alpha value is -1.45. The van der Waals surface area contributed by atoms with Gasteiger partial charge in [0.1, 0.15) is 5.75 Å². The summed E-state index contributed by atoms with van der Waals surface area (Å²) in [6.07, 6.45) is 0. The smallest absolute Gasteiger partial charge is 0.119 e. The fraction of sp³-hybridized carbons (Fsp3) is 0.294. The molecule has 0 aliphatic carbocycles. The summed E-state index contributed by atoms with van der Waals surface area (Å²) in [6.45, 7) is 2.21. The number of rotatable bonds is 4. The lowest BCUT2D eigenvalue weighted by atomic mass is 10.0. The highest BCUT2D eigenvalue weighted by atomic mass is 32.2. The average molecular weight is 285 g/mol. The summed E-state index contributed by atoms with van der Waals surface area (Å²) in [6, 6.07) is 17.7. The number of hydrogen-bond donors (Lipinski definition) is 1. The third-order valence-corrected chi connectivity index (χ3v) is 4.93. The Labute approximate surface area is 124 Å². The van der Waals surface area contributed by atoms with E-state index in [9.17, 15) is 0 Å². The Balaban J connectivity index is 1.75. The minimum absolute atomic E-state index is 0.307. The largest absolute Gasteiger partial charge is 0.497 e. The van der Waals surface area contributed by atoms with Gasteiger partial charge in [0.15, 0.2) is 0 Å². The maximum absolute atomic E-state index is 5.30. The summed E-state index contributed by atoms with van der Waals surface area (Å²) < 4.78 is 5.30. The molecular weight excluding hydrogens is 266 g/mol. The van der Waals surface area contributed by atoms with Gasteiger partial charge >= 0.3 is 0 Å². The first kappa shape index (κ1) is 13.5. The second-order valence-electron chi connectivity index (χ2n) is 5.07. The molecule has 3 rings (SSSR count). The van der Waals surface area contributed by atoms with E-state index in [1.165, 1.54) is 16.0 Å². The molecule has 0 bridgehead atoms. The lowest BCUT2D eigenvalue weighted by Crippen LogP contribution is -2.24. The second-order valence-corrected chi connectivity index (χ2v) is 6.13. The Morgan fingerprint density at radius 3 is 2.90 bits per heavy atom. The van der Waals surface area contributed by atoms with Crippen molar-refractivity contribution in [2.24, 2.45) is 0 Å². The number of nitrogens with one attached hydrogen (secondary N) is 1. The zero-order valence-corrected chi connectivity index (χ0v) is 12.6. The van der Waals surface area contributed by atoms with Crippen LogP contribution in [0.25, 0.3) is 0 Å². The molecule has 1 N–H and O–H groups in total. The van der Waals surface area contributed by atoms with Gasteiger partial charge in [0.05, 0.1) is 7.11 Å². The number of methoxy groups -OCH3 is 1.